The average molecular weight is 343 g/mol. The van der Waals surface area contributed by atoms with E-state index in [9.17, 15) is 9.59 Å². The van der Waals surface area contributed by atoms with Gasteiger partial charge in [0.15, 0.2) is 0 Å². The molecule has 0 bridgehead atoms. The smallest absolute Gasteiger partial charge is 0.331 e. The van der Waals surface area contributed by atoms with Crippen LogP contribution in [0.5, 0.6) is 5.75 Å². The number of para-hydroxylation sites is 1. The minimum absolute atomic E-state index is 0.236. The van der Waals surface area contributed by atoms with Gasteiger partial charge in [0.25, 0.3) is 5.56 Å². The summed E-state index contributed by atoms with van der Waals surface area (Å²) in [7, 11) is 0. The second kappa shape index (κ2) is 6.45. The summed E-state index contributed by atoms with van der Waals surface area (Å²) in [5.74, 6) is -0.308. The number of ether oxygens (including phenoxy) is 1. The van der Waals surface area contributed by atoms with E-state index in [4.69, 9.17) is 16.3 Å². The molecule has 5 nitrogen and oxygen atoms in total. The molecule has 1 heterocycles. The molecule has 0 radical (unpaired) electrons. The number of hydrogen-bond acceptors (Lipinski definition) is 4. The number of carbonyl (C=O) groups is 1. The second-order valence-electron chi connectivity index (χ2n) is 5.56. The molecular weight excluding hydrogens is 328 g/mol. The van der Waals surface area contributed by atoms with E-state index in [0.29, 0.717) is 15.9 Å². The summed E-state index contributed by atoms with van der Waals surface area (Å²) >= 11 is 6.01. The van der Waals surface area contributed by atoms with Crippen LogP contribution in [0.15, 0.2) is 47.5 Å². The lowest BCUT2D eigenvalue weighted by Gasteiger charge is -2.09. The lowest BCUT2D eigenvalue weighted by Crippen LogP contribution is -2.27. The lowest BCUT2D eigenvalue weighted by atomic mass is 10.1. The molecule has 0 aliphatic heterocycles. The number of nitrogens with zero attached hydrogens (tertiary/aromatic N) is 2. The highest BCUT2D eigenvalue weighted by Gasteiger charge is 2.12. The molecule has 0 spiro atoms. The number of fused-ring (bicyclic) bond motifs is 1. The molecule has 6 heteroatoms. The van der Waals surface area contributed by atoms with Crippen molar-refractivity contribution >= 4 is 28.5 Å². The Morgan fingerprint density at radius 2 is 2.04 bits per heavy atom. The first-order valence-electron chi connectivity index (χ1n) is 7.37. The molecule has 122 valence electrons. The third-order valence-corrected chi connectivity index (χ3v) is 3.98. The lowest BCUT2D eigenvalue weighted by molar-refractivity contribution is -0.135. The molecule has 2 aromatic carbocycles. The Hall–Kier alpha value is -2.66. The molecule has 0 aliphatic rings. The van der Waals surface area contributed by atoms with Crippen molar-refractivity contribution in [3.05, 3.63) is 69.2 Å². The highest BCUT2D eigenvalue weighted by atomic mass is 35.5. The minimum atomic E-state index is -0.585. The summed E-state index contributed by atoms with van der Waals surface area (Å²) in [6.45, 7) is 3.51. The minimum Gasteiger partial charge on any atom is -0.424 e. The number of halogens is 1. The Kier molecular flexibility index (Phi) is 4.36. The van der Waals surface area contributed by atoms with E-state index in [1.54, 1.807) is 24.3 Å². The number of aromatic nitrogens is 2. The van der Waals surface area contributed by atoms with Crippen LogP contribution >= 0.6 is 11.6 Å². The Morgan fingerprint density at radius 1 is 1.25 bits per heavy atom. The van der Waals surface area contributed by atoms with E-state index in [0.717, 1.165) is 11.1 Å². The summed E-state index contributed by atoms with van der Waals surface area (Å²) in [4.78, 5) is 28.9. The van der Waals surface area contributed by atoms with Crippen LogP contribution in [-0.2, 0) is 11.3 Å². The van der Waals surface area contributed by atoms with Crippen molar-refractivity contribution in [2.45, 2.75) is 20.4 Å². The van der Waals surface area contributed by atoms with Crippen LogP contribution in [0.1, 0.15) is 11.1 Å². The summed E-state index contributed by atoms with van der Waals surface area (Å²) in [6, 6.07) is 10.5. The molecule has 0 aliphatic carbocycles. The van der Waals surface area contributed by atoms with E-state index >= 15 is 0 Å². The third-order valence-electron chi connectivity index (χ3n) is 3.67. The Bertz CT molecular complexity index is 995. The summed E-state index contributed by atoms with van der Waals surface area (Å²) in [6.07, 6.45) is 1.36. The fraction of sp³-hybridized carbons (Fsp3) is 0.167. The molecule has 3 aromatic rings. The first-order chi connectivity index (χ1) is 11.5. The summed E-state index contributed by atoms with van der Waals surface area (Å²) < 4.78 is 6.49. The van der Waals surface area contributed by atoms with Gasteiger partial charge in [0.1, 0.15) is 12.3 Å². The highest BCUT2D eigenvalue weighted by Crippen LogP contribution is 2.25. The molecular formula is C18H15ClN2O3. The van der Waals surface area contributed by atoms with Crippen LogP contribution in [0, 0.1) is 13.8 Å². The zero-order valence-corrected chi connectivity index (χ0v) is 14.0. The van der Waals surface area contributed by atoms with Crippen LogP contribution < -0.4 is 10.3 Å². The number of esters is 1. The largest absolute Gasteiger partial charge is 0.424 e. The topological polar surface area (TPSA) is 61.2 Å². The highest BCUT2D eigenvalue weighted by molar-refractivity contribution is 6.32. The van der Waals surface area contributed by atoms with Crippen molar-refractivity contribution in [3.63, 3.8) is 0 Å². The Morgan fingerprint density at radius 3 is 2.83 bits per heavy atom. The van der Waals surface area contributed by atoms with Gasteiger partial charge in [-0.15, -0.1) is 0 Å². The molecule has 0 atom stereocenters. The van der Waals surface area contributed by atoms with Gasteiger partial charge >= 0.3 is 5.97 Å². The van der Waals surface area contributed by atoms with Gasteiger partial charge in [-0.2, -0.15) is 0 Å². The Balaban J connectivity index is 1.87. The zero-order valence-electron chi connectivity index (χ0n) is 13.2. The summed E-state index contributed by atoms with van der Waals surface area (Å²) in [5.41, 5.74) is 2.18. The number of hydrogen-bond donors (Lipinski definition) is 0. The molecule has 3 rings (SSSR count). The molecule has 24 heavy (non-hydrogen) atoms. The van der Waals surface area contributed by atoms with Gasteiger partial charge in [-0.1, -0.05) is 29.8 Å². The SMILES string of the molecule is Cc1ccc(Cl)c(OC(=O)Cn2cnc3c(C)cccc3c2=O)c1. The van der Waals surface area contributed by atoms with Crippen molar-refractivity contribution in [3.8, 4) is 5.75 Å². The van der Waals surface area contributed by atoms with Crippen molar-refractivity contribution in [1.82, 2.24) is 9.55 Å². The predicted octanol–water partition coefficient (Wildman–Crippen LogP) is 3.27. The van der Waals surface area contributed by atoms with Crippen LogP contribution in [-0.4, -0.2) is 15.5 Å². The van der Waals surface area contributed by atoms with Crippen LogP contribution in [0.25, 0.3) is 10.9 Å². The predicted molar refractivity (Wildman–Crippen MR) is 92.6 cm³/mol. The number of carbonyl (C=O) groups excluding carboxylic acids is 1. The standard InChI is InChI=1S/C18H15ClN2O3/c1-11-6-7-14(19)15(8-11)24-16(22)9-21-10-20-17-12(2)4-3-5-13(17)18(21)23/h3-8,10H,9H2,1-2H3. The molecule has 0 saturated heterocycles. The van der Waals surface area contributed by atoms with Gasteiger partial charge in [-0.05, 0) is 43.2 Å². The van der Waals surface area contributed by atoms with Gasteiger partial charge in [-0.3, -0.25) is 9.36 Å². The molecule has 0 N–H and O–H groups in total. The van der Waals surface area contributed by atoms with Crippen molar-refractivity contribution in [1.29, 1.82) is 0 Å². The molecule has 0 unspecified atom stereocenters. The molecule has 0 fully saturated rings. The van der Waals surface area contributed by atoms with Gasteiger partial charge in [-0.25, -0.2) is 9.78 Å². The van der Waals surface area contributed by atoms with Crippen molar-refractivity contribution in [2.75, 3.05) is 0 Å². The van der Waals surface area contributed by atoms with Gasteiger partial charge in [0.2, 0.25) is 0 Å². The van der Waals surface area contributed by atoms with E-state index in [1.807, 2.05) is 26.0 Å². The quantitative estimate of drug-likeness (QED) is 0.541. The molecule has 0 saturated carbocycles. The van der Waals surface area contributed by atoms with E-state index in [2.05, 4.69) is 4.98 Å². The monoisotopic (exact) mass is 342 g/mol. The molecule has 0 amide bonds. The van der Waals surface area contributed by atoms with Crippen molar-refractivity contribution < 1.29 is 9.53 Å². The summed E-state index contributed by atoms with van der Waals surface area (Å²) in [5, 5.41) is 0.812. The number of benzene rings is 2. The van der Waals surface area contributed by atoms with Crippen LogP contribution in [0.2, 0.25) is 5.02 Å². The zero-order chi connectivity index (χ0) is 17.3. The number of rotatable bonds is 3. The fourth-order valence-electron chi connectivity index (χ4n) is 2.43. The van der Waals surface area contributed by atoms with E-state index in [-0.39, 0.29) is 17.9 Å². The fourth-order valence-corrected chi connectivity index (χ4v) is 2.59. The maximum absolute atomic E-state index is 12.5. The first-order valence-corrected chi connectivity index (χ1v) is 7.75. The number of aryl methyl sites for hydroxylation is 2. The molecule has 1 aromatic heterocycles. The maximum atomic E-state index is 12.5. The van der Waals surface area contributed by atoms with Crippen molar-refractivity contribution in [2.24, 2.45) is 0 Å². The van der Waals surface area contributed by atoms with Crippen LogP contribution in [0.3, 0.4) is 0 Å². The average Bonchev–Trinajstić information content (AvgIpc) is 2.54. The Labute approximate surface area is 143 Å². The van der Waals surface area contributed by atoms with Gasteiger partial charge in [0, 0.05) is 0 Å². The maximum Gasteiger partial charge on any atom is 0.331 e. The first kappa shape index (κ1) is 16.2. The van der Waals surface area contributed by atoms with Gasteiger partial charge < -0.3 is 4.74 Å². The normalized spacial score (nSPS) is 10.8. The van der Waals surface area contributed by atoms with E-state index in [1.165, 1.54) is 10.9 Å². The van der Waals surface area contributed by atoms with E-state index < -0.39 is 5.97 Å². The third kappa shape index (κ3) is 3.16. The second-order valence-corrected chi connectivity index (χ2v) is 5.96. The van der Waals surface area contributed by atoms with Crippen LogP contribution in [0.4, 0.5) is 0 Å². The van der Waals surface area contributed by atoms with Gasteiger partial charge in [0.05, 0.1) is 22.3 Å².